The van der Waals surface area contributed by atoms with Crippen molar-refractivity contribution in [1.29, 1.82) is 0 Å². The molecule has 0 saturated carbocycles. The molecule has 0 bridgehead atoms. The molecule has 0 aromatic carbocycles. The fourth-order valence-electron chi connectivity index (χ4n) is 2.69. The second-order valence-electron chi connectivity index (χ2n) is 5.23. The summed E-state index contributed by atoms with van der Waals surface area (Å²) < 4.78 is 0. The number of hydrogen-bond donors (Lipinski definition) is 1. The second-order valence-corrected chi connectivity index (χ2v) is 6.20. The third-order valence-electron chi connectivity index (χ3n) is 3.86. The molecule has 3 rings (SSSR count). The van der Waals surface area contributed by atoms with Crippen molar-refractivity contribution in [2.45, 2.75) is 38.6 Å². The average Bonchev–Trinajstić information content (AvgIpc) is 2.92. The van der Waals surface area contributed by atoms with Gasteiger partial charge in [-0.3, -0.25) is 9.78 Å². The standard InChI is InChI=1S/C16H18N2OS/c1-11(12-6-8-17-9-7-12)18-16(19)14-10-20-15-5-3-2-4-13(14)15/h6-11H,2-5H2,1H3,(H,18,19)/t11-/m0/s1. The Morgan fingerprint density at radius 1 is 1.30 bits per heavy atom. The van der Waals surface area contributed by atoms with Crippen LogP contribution in [-0.2, 0) is 12.8 Å². The lowest BCUT2D eigenvalue weighted by atomic mass is 9.95. The molecule has 0 spiro atoms. The van der Waals surface area contributed by atoms with Gasteiger partial charge in [0.15, 0.2) is 0 Å². The van der Waals surface area contributed by atoms with Crippen molar-refractivity contribution in [3.8, 4) is 0 Å². The van der Waals surface area contributed by atoms with Gasteiger partial charge in [-0.15, -0.1) is 11.3 Å². The predicted octanol–water partition coefficient (Wildman–Crippen LogP) is 3.51. The van der Waals surface area contributed by atoms with Crippen LogP contribution in [0.1, 0.15) is 52.2 Å². The third kappa shape index (κ3) is 2.61. The van der Waals surface area contributed by atoms with E-state index < -0.39 is 0 Å². The SMILES string of the molecule is C[C@H](NC(=O)c1csc2c1CCCC2)c1ccncc1. The van der Waals surface area contributed by atoms with Gasteiger partial charge in [0, 0.05) is 22.7 Å². The lowest BCUT2D eigenvalue weighted by Gasteiger charge is -2.16. The molecule has 2 aromatic rings. The lowest BCUT2D eigenvalue weighted by molar-refractivity contribution is 0.0939. The molecule has 0 radical (unpaired) electrons. The van der Waals surface area contributed by atoms with Gasteiger partial charge in [-0.05, 0) is 55.9 Å². The van der Waals surface area contributed by atoms with Crippen LogP contribution in [0.25, 0.3) is 0 Å². The monoisotopic (exact) mass is 286 g/mol. The number of amides is 1. The molecule has 0 saturated heterocycles. The number of carbonyl (C=O) groups is 1. The second kappa shape index (κ2) is 5.75. The Hall–Kier alpha value is -1.68. The summed E-state index contributed by atoms with van der Waals surface area (Å²) in [7, 11) is 0. The lowest BCUT2D eigenvalue weighted by Crippen LogP contribution is -2.27. The van der Waals surface area contributed by atoms with Crippen LogP contribution >= 0.6 is 11.3 Å². The van der Waals surface area contributed by atoms with Gasteiger partial charge in [0.25, 0.3) is 5.91 Å². The molecule has 1 atom stereocenters. The number of rotatable bonds is 3. The highest BCUT2D eigenvalue weighted by molar-refractivity contribution is 7.10. The van der Waals surface area contributed by atoms with Gasteiger partial charge in [0.1, 0.15) is 0 Å². The minimum atomic E-state index is 0.00430. The van der Waals surface area contributed by atoms with E-state index in [2.05, 4.69) is 10.3 Å². The fraction of sp³-hybridized carbons (Fsp3) is 0.375. The van der Waals surface area contributed by atoms with Crippen LogP contribution in [0.5, 0.6) is 0 Å². The molecular weight excluding hydrogens is 268 g/mol. The topological polar surface area (TPSA) is 42.0 Å². The van der Waals surface area contributed by atoms with Crippen LogP contribution in [0.2, 0.25) is 0 Å². The molecule has 1 amide bonds. The number of nitrogens with one attached hydrogen (secondary N) is 1. The molecule has 104 valence electrons. The molecule has 20 heavy (non-hydrogen) atoms. The summed E-state index contributed by atoms with van der Waals surface area (Å²) in [6.07, 6.45) is 8.14. The van der Waals surface area contributed by atoms with E-state index in [1.807, 2.05) is 24.4 Å². The maximum Gasteiger partial charge on any atom is 0.252 e. The van der Waals surface area contributed by atoms with Gasteiger partial charge in [0.2, 0.25) is 0 Å². The minimum absolute atomic E-state index is 0.00430. The van der Waals surface area contributed by atoms with Crippen molar-refractivity contribution in [3.63, 3.8) is 0 Å². The highest BCUT2D eigenvalue weighted by Gasteiger charge is 2.21. The quantitative estimate of drug-likeness (QED) is 0.938. The minimum Gasteiger partial charge on any atom is -0.345 e. The molecule has 3 nitrogen and oxygen atoms in total. The number of nitrogens with zero attached hydrogens (tertiary/aromatic N) is 1. The van der Waals surface area contributed by atoms with E-state index in [-0.39, 0.29) is 11.9 Å². The van der Waals surface area contributed by atoms with Crippen molar-refractivity contribution >= 4 is 17.2 Å². The summed E-state index contributed by atoms with van der Waals surface area (Å²) in [5.74, 6) is 0.0497. The number of aryl methyl sites for hydroxylation is 1. The van der Waals surface area contributed by atoms with Crippen molar-refractivity contribution < 1.29 is 4.79 Å². The maximum atomic E-state index is 12.4. The van der Waals surface area contributed by atoms with E-state index >= 15 is 0 Å². The summed E-state index contributed by atoms with van der Waals surface area (Å²) in [6.45, 7) is 2.01. The van der Waals surface area contributed by atoms with Crippen LogP contribution in [0.3, 0.4) is 0 Å². The Labute approximate surface area is 123 Å². The zero-order chi connectivity index (χ0) is 13.9. The van der Waals surface area contributed by atoms with E-state index in [9.17, 15) is 4.79 Å². The summed E-state index contributed by atoms with van der Waals surface area (Å²) >= 11 is 1.73. The van der Waals surface area contributed by atoms with Gasteiger partial charge < -0.3 is 5.32 Å². The average molecular weight is 286 g/mol. The first kappa shape index (κ1) is 13.3. The number of fused-ring (bicyclic) bond motifs is 1. The molecule has 1 aliphatic rings. The first-order valence-corrected chi connectivity index (χ1v) is 7.93. The van der Waals surface area contributed by atoms with Gasteiger partial charge in [-0.1, -0.05) is 0 Å². The molecule has 2 heterocycles. The van der Waals surface area contributed by atoms with Crippen molar-refractivity contribution in [2.75, 3.05) is 0 Å². The normalized spacial score (nSPS) is 15.4. The van der Waals surface area contributed by atoms with E-state index in [1.165, 1.54) is 23.3 Å². The first-order chi connectivity index (χ1) is 9.75. The van der Waals surface area contributed by atoms with Gasteiger partial charge in [-0.25, -0.2) is 0 Å². The van der Waals surface area contributed by atoms with Gasteiger partial charge in [-0.2, -0.15) is 0 Å². The smallest absolute Gasteiger partial charge is 0.252 e. The molecule has 0 fully saturated rings. The van der Waals surface area contributed by atoms with Crippen LogP contribution in [-0.4, -0.2) is 10.9 Å². The number of pyridine rings is 1. The van der Waals surface area contributed by atoms with E-state index in [0.717, 1.165) is 24.0 Å². The Balaban J connectivity index is 1.75. The Morgan fingerprint density at radius 3 is 2.85 bits per heavy atom. The van der Waals surface area contributed by atoms with Crippen molar-refractivity contribution in [2.24, 2.45) is 0 Å². The summed E-state index contributed by atoms with van der Waals surface area (Å²) in [6, 6.07) is 3.88. The third-order valence-corrected chi connectivity index (χ3v) is 4.95. The van der Waals surface area contributed by atoms with Crippen molar-refractivity contribution in [1.82, 2.24) is 10.3 Å². The summed E-state index contributed by atoms with van der Waals surface area (Å²) in [5, 5.41) is 5.11. The van der Waals surface area contributed by atoms with Crippen LogP contribution < -0.4 is 5.32 Å². The Morgan fingerprint density at radius 2 is 2.05 bits per heavy atom. The molecule has 0 unspecified atom stereocenters. The molecule has 2 aromatic heterocycles. The number of carbonyl (C=O) groups excluding carboxylic acids is 1. The van der Waals surface area contributed by atoms with Gasteiger partial charge in [0.05, 0.1) is 11.6 Å². The largest absolute Gasteiger partial charge is 0.345 e. The zero-order valence-electron chi connectivity index (χ0n) is 11.6. The Bertz CT molecular complexity index is 606. The number of hydrogen-bond acceptors (Lipinski definition) is 3. The number of aromatic nitrogens is 1. The molecule has 0 aliphatic heterocycles. The first-order valence-electron chi connectivity index (χ1n) is 7.05. The number of thiophene rings is 1. The molecule has 1 aliphatic carbocycles. The van der Waals surface area contributed by atoms with Crippen LogP contribution in [0, 0.1) is 0 Å². The highest BCUT2D eigenvalue weighted by Crippen LogP contribution is 2.30. The van der Waals surface area contributed by atoms with E-state index in [1.54, 1.807) is 23.7 Å². The molecular formula is C16H18N2OS. The summed E-state index contributed by atoms with van der Waals surface area (Å²) in [5.41, 5.74) is 3.24. The zero-order valence-corrected chi connectivity index (χ0v) is 12.4. The van der Waals surface area contributed by atoms with Crippen molar-refractivity contribution in [3.05, 3.63) is 51.5 Å². The fourth-order valence-corrected chi connectivity index (χ4v) is 3.82. The van der Waals surface area contributed by atoms with Crippen LogP contribution in [0.4, 0.5) is 0 Å². The van der Waals surface area contributed by atoms with E-state index in [4.69, 9.17) is 0 Å². The predicted molar refractivity (Wildman–Crippen MR) is 81.1 cm³/mol. The van der Waals surface area contributed by atoms with Gasteiger partial charge >= 0.3 is 0 Å². The molecule has 1 N–H and O–H groups in total. The summed E-state index contributed by atoms with van der Waals surface area (Å²) in [4.78, 5) is 17.8. The highest BCUT2D eigenvalue weighted by atomic mass is 32.1. The molecule has 4 heteroatoms. The Kier molecular flexibility index (Phi) is 3.83. The van der Waals surface area contributed by atoms with E-state index in [0.29, 0.717) is 0 Å². The van der Waals surface area contributed by atoms with Crippen LogP contribution in [0.15, 0.2) is 29.9 Å². The maximum absolute atomic E-state index is 12.4.